The average Bonchev–Trinajstić information content (AvgIpc) is 2.66. The number of carbonyl (C=O) groups excluding carboxylic acids is 1. The molecular weight excluding hydrogens is 309 g/mol. The molecule has 17 heavy (non-hydrogen) atoms. The Hall–Kier alpha value is 0.461. The van der Waals surface area contributed by atoms with E-state index in [1.54, 1.807) is 3.88 Å². The third kappa shape index (κ3) is 6.82. The summed E-state index contributed by atoms with van der Waals surface area (Å²) in [5.74, 6) is 0.279. The number of allylic oxidation sites excluding steroid dienone is 4. The van der Waals surface area contributed by atoms with Gasteiger partial charge in [-0.25, -0.2) is 0 Å². The molecule has 0 unspecified atom stereocenters. The molecule has 0 atom stereocenters. The van der Waals surface area contributed by atoms with E-state index in [0.717, 1.165) is 12.8 Å². The molecule has 0 radical (unpaired) electrons. The van der Waals surface area contributed by atoms with Crippen LogP contribution in [0, 0.1) is 0 Å². The molecule has 6 heteroatoms. The van der Waals surface area contributed by atoms with Gasteiger partial charge < -0.3 is 24.8 Å². The molecule has 0 bridgehead atoms. The summed E-state index contributed by atoms with van der Waals surface area (Å²) in [6, 6.07) is 0. The van der Waals surface area contributed by atoms with Crippen LogP contribution in [0.5, 0.6) is 0 Å². The molecule has 97 valence electrons. The maximum atomic E-state index is 11.6. The van der Waals surface area contributed by atoms with Gasteiger partial charge in [0.15, 0.2) is 0 Å². The zero-order valence-corrected chi connectivity index (χ0v) is 14.8. The van der Waals surface area contributed by atoms with Crippen molar-refractivity contribution in [3.63, 3.8) is 0 Å². The molecule has 0 fully saturated rings. The third-order valence-corrected chi connectivity index (χ3v) is 13.6. The van der Waals surface area contributed by atoms with Crippen molar-refractivity contribution < 1.29 is 47.0 Å². The first-order chi connectivity index (χ1) is 7.15. The number of rotatable bonds is 5. The van der Waals surface area contributed by atoms with Crippen LogP contribution in [0.2, 0.25) is 13.1 Å². The summed E-state index contributed by atoms with van der Waals surface area (Å²) in [5, 5.41) is 0. The van der Waals surface area contributed by atoms with E-state index in [4.69, 9.17) is 0 Å². The Bertz CT molecular complexity index is 295. The van der Waals surface area contributed by atoms with Gasteiger partial charge in [0.05, 0.1) is 0 Å². The monoisotopic (exact) mass is 328 g/mol. The largest absolute Gasteiger partial charge is 1.00 e. The zero-order valence-electron chi connectivity index (χ0n) is 10.6. The molecule has 0 saturated carbocycles. The van der Waals surface area contributed by atoms with Gasteiger partial charge in [0.1, 0.15) is 0 Å². The number of halogens is 2. The Morgan fingerprint density at radius 2 is 2.12 bits per heavy atom. The Balaban J connectivity index is 0. The summed E-state index contributed by atoms with van der Waals surface area (Å²) < 4.78 is 4.90. The van der Waals surface area contributed by atoms with Crippen LogP contribution in [0.4, 0.5) is 0 Å². The van der Waals surface area contributed by atoms with E-state index in [1.165, 1.54) is 0 Å². The summed E-state index contributed by atoms with van der Waals surface area (Å²) in [6.07, 6.45) is 9.30. The van der Waals surface area contributed by atoms with Crippen molar-refractivity contribution in [2.45, 2.75) is 39.3 Å². The van der Waals surface area contributed by atoms with Crippen LogP contribution in [0.15, 0.2) is 22.1 Å². The number of carbonyl (C=O) groups is 1. The standard InChI is InChI=1S/C5H5.C4H9NO.C2H7Si.2ClH.Ti/c1-2-4-5-3-1;1-2-3-4(5)6;1-3-2;;;/h1-3H,4H2;2-3H2,1H3,(H2,5,6);3H,1-2H3;2*1H;/q;;;;;+3/p-3. The van der Waals surface area contributed by atoms with Crippen molar-refractivity contribution in [2.75, 3.05) is 0 Å². The number of hydrogen-bond donors (Lipinski definition) is 1. The molecule has 0 aliphatic heterocycles. The molecule has 0 spiro atoms. The summed E-state index contributed by atoms with van der Waals surface area (Å²) >= 11 is -1.40. The number of amides is 1. The second-order valence-electron chi connectivity index (χ2n) is 4.19. The van der Waals surface area contributed by atoms with Gasteiger partial charge in [-0.15, -0.1) is 0 Å². The predicted molar refractivity (Wildman–Crippen MR) is 63.8 cm³/mol. The maximum absolute atomic E-state index is 11.6. The van der Waals surface area contributed by atoms with E-state index < -0.39 is 24.0 Å². The first kappa shape index (κ1) is 19.8. The first-order valence-corrected chi connectivity index (χ1v) is 12.8. The summed E-state index contributed by atoms with van der Waals surface area (Å²) in [6.45, 7) is 6.09. The van der Waals surface area contributed by atoms with Crippen molar-refractivity contribution >= 4 is 12.6 Å². The summed E-state index contributed by atoms with van der Waals surface area (Å²) in [5.41, 5.74) is 0. The van der Waals surface area contributed by atoms with Gasteiger partial charge in [0, 0.05) is 0 Å². The summed E-state index contributed by atoms with van der Waals surface area (Å²) in [7, 11) is 0. The molecule has 1 rings (SSSR count). The average molecular weight is 329 g/mol. The fraction of sp³-hybridized carbons (Fsp3) is 0.545. The molecule has 1 aliphatic rings. The van der Waals surface area contributed by atoms with Gasteiger partial charge in [-0.2, -0.15) is 0 Å². The van der Waals surface area contributed by atoms with Crippen molar-refractivity contribution in [1.82, 2.24) is 3.80 Å². The fourth-order valence-corrected chi connectivity index (χ4v) is 11.0. The first-order valence-electron chi connectivity index (χ1n) is 5.68. The molecule has 0 heterocycles. The van der Waals surface area contributed by atoms with E-state index in [9.17, 15) is 4.79 Å². The second kappa shape index (κ2) is 10.4. The van der Waals surface area contributed by atoms with Crippen molar-refractivity contribution in [1.29, 1.82) is 0 Å². The van der Waals surface area contributed by atoms with E-state index in [1.807, 2.05) is 0 Å². The molecule has 0 saturated heterocycles. The van der Waals surface area contributed by atoms with Crippen LogP contribution in [0.3, 0.4) is 0 Å². The molecule has 1 amide bonds. The van der Waals surface area contributed by atoms with Crippen LogP contribution in [0.1, 0.15) is 26.2 Å². The van der Waals surface area contributed by atoms with Gasteiger partial charge >= 0.3 is 99.9 Å². The second-order valence-corrected chi connectivity index (χ2v) is 17.0. The van der Waals surface area contributed by atoms with Gasteiger partial charge in [-0.1, -0.05) is 0 Å². The minimum absolute atomic E-state index is 0. The van der Waals surface area contributed by atoms with Gasteiger partial charge in [0.2, 0.25) is 0 Å². The molecule has 0 aromatic heterocycles. The van der Waals surface area contributed by atoms with Crippen LogP contribution in [0.25, 0.3) is 0 Å². The molecule has 2 nitrogen and oxygen atoms in total. The molecule has 1 aliphatic carbocycles. The topological polar surface area (TPSA) is 29.1 Å². The predicted octanol–water partition coefficient (Wildman–Crippen LogP) is -3.73. The van der Waals surface area contributed by atoms with Crippen LogP contribution < -0.4 is 28.6 Å². The SMILES string of the molecule is CCCC(=O)[NH][Ti+2]([C]1=CC=CC1)[SiH](C)C.[Cl-].[Cl-]. The van der Waals surface area contributed by atoms with Crippen molar-refractivity contribution in [3.8, 4) is 0 Å². The molecular formula is C11H20Cl2NOSiTi. The van der Waals surface area contributed by atoms with Crippen LogP contribution in [-0.2, 0) is 22.2 Å². The van der Waals surface area contributed by atoms with E-state index in [-0.39, 0.29) is 30.7 Å². The Morgan fingerprint density at radius 1 is 1.47 bits per heavy atom. The Kier molecular flexibility index (Phi) is 12.1. The van der Waals surface area contributed by atoms with E-state index in [0.29, 0.717) is 6.42 Å². The maximum Gasteiger partial charge on any atom is -1.00 e. The minimum Gasteiger partial charge on any atom is -1.00 e. The minimum atomic E-state index is -1.40. The summed E-state index contributed by atoms with van der Waals surface area (Å²) in [4.78, 5) is 11.6. The molecule has 0 aromatic rings. The fourth-order valence-electron chi connectivity index (χ4n) is 1.68. The van der Waals surface area contributed by atoms with Crippen LogP contribution in [-0.4, -0.2) is 12.6 Å². The molecule has 0 aromatic carbocycles. The smallest absolute Gasteiger partial charge is 1.00 e. The van der Waals surface area contributed by atoms with Crippen LogP contribution >= 0.6 is 0 Å². The van der Waals surface area contributed by atoms with Gasteiger partial charge in [-0.3, -0.25) is 0 Å². The van der Waals surface area contributed by atoms with Gasteiger partial charge in [-0.05, 0) is 0 Å². The Labute approximate surface area is 124 Å². The molecule has 1 N–H and O–H groups in total. The van der Waals surface area contributed by atoms with E-state index >= 15 is 0 Å². The van der Waals surface area contributed by atoms with E-state index in [2.05, 4.69) is 42.0 Å². The normalized spacial score (nSPS) is 12.6. The van der Waals surface area contributed by atoms with Crippen molar-refractivity contribution in [2.24, 2.45) is 0 Å². The van der Waals surface area contributed by atoms with Crippen molar-refractivity contribution in [3.05, 3.63) is 22.1 Å². The zero-order chi connectivity index (χ0) is 11.3. The Morgan fingerprint density at radius 3 is 2.53 bits per heavy atom. The number of hydrogen-bond acceptors (Lipinski definition) is 1. The van der Waals surface area contributed by atoms with Gasteiger partial charge in [0.25, 0.3) is 0 Å². The number of nitrogens with one attached hydrogen (secondary N) is 1. The quantitative estimate of drug-likeness (QED) is 0.517. The third-order valence-electron chi connectivity index (χ3n) is 2.45.